The minimum absolute atomic E-state index is 1.07. The Morgan fingerprint density at radius 1 is 1.56 bits per heavy atom. The van der Waals surface area contributed by atoms with E-state index in [0.29, 0.717) is 0 Å². The van der Waals surface area contributed by atoms with Crippen molar-refractivity contribution in [2.24, 2.45) is 0 Å². The minimum Gasteiger partial charge on any atom is -0.131 e. The van der Waals surface area contributed by atoms with Crippen LogP contribution in [0.2, 0.25) is 0 Å². The molecule has 0 nitrogen and oxygen atoms in total. The zero-order valence-electron chi connectivity index (χ0n) is 5.83. The van der Waals surface area contributed by atoms with Gasteiger partial charge in [0, 0.05) is 0 Å². The number of hydrogen-bond acceptors (Lipinski definition) is 2. The van der Waals surface area contributed by atoms with Gasteiger partial charge in [-0.05, 0) is 18.3 Å². The Morgan fingerprint density at radius 2 is 2.11 bits per heavy atom. The van der Waals surface area contributed by atoms with Crippen molar-refractivity contribution in [1.29, 1.82) is 0 Å². The van der Waals surface area contributed by atoms with Gasteiger partial charge in [0.15, 0.2) is 0 Å². The highest BCUT2D eigenvalue weighted by atomic mass is 33.2. The first-order valence-electron chi connectivity index (χ1n) is 3.08. The Bertz CT molecular complexity index is 113. The van der Waals surface area contributed by atoms with Gasteiger partial charge in [-0.3, -0.25) is 0 Å². The van der Waals surface area contributed by atoms with Gasteiger partial charge < -0.3 is 0 Å². The van der Waals surface area contributed by atoms with Crippen LogP contribution in [0.5, 0.6) is 0 Å². The summed E-state index contributed by atoms with van der Waals surface area (Å²) in [6, 6.07) is 0. The second-order valence-electron chi connectivity index (χ2n) is 1.79. The summed E-state index contributed by atoms with van der Waals surface area (Å²) in [5.74, 6) is 1.18. The minimum atomic E-state index is -1.25. The summed E-state index contributed by atoms with van der Waals surface area (Å²) in [6.07, 6.45) is 2.28. The van der Waals surface area contributed by atoms with Crippen molar-refractivity contribution in [3.63, 3.8) is 0 Å². The molecule has 0 N–H and O–H groups in total. The van der Waals surface area contributed by atoms with Crippen molar-refractivity contribution in [2.75, 3.05) is 11.9 Å². The molecular formula is C5H13PS3. The molecule has 0 aromatic rings. The van der Waals surface area contributed by atoms with Crippen LogP contribution in [-0.2, 0) is 11.8 Å². The van der Waals surface area contributed by atoms with Gasteiger partial charge in [0.1, 0.15) is 0 Å². The monoisotopic (exact) mass is 200 g/mol. The fourth-order valence-electron chi connectivity index (χ4n) is 0.325. The number of rotatable bonds is 4. The van der Waals surface area contributed by atoms with Crippen molar-refractivity contribution in [1.82, 2.24) is 0 Å². The van der Waals surface area contributed by atoms with E-state index in [9.17, 15) is 0 Å². The van der Waals surface area contributed by atoms with Crippen molar-refractivity contribution >= 4 is 39.9 Å². The largest absolute Gasteiger partial charge is 0.131 e. The number of hydrogen-bond donors (Lipinski definition) is 1. The second kappa shape index (κ2) is 5.06. The molecule has 0 spiro atoms. The van der Waals surface area contributed by atoms with Gasteiger partial charge >= 0.3 is 0 Å². The van der Waals surface area contributed by atoms with Gasteiger partial charge in [0.2, 0.25) is 0 Å². The van der Waals surface area contributed by atoms with Crippen LogP contribution in [-0.4, -0.2) is 11.9 Å². The number of thiol groups is 1. The lowest BCUT2D eigenvalue weighted by atomic mass is 10.6. The second-order valence-corrected chi connectivity index (χ2v) is 13.2. The van der Waals surface area contributed by atoms with Crippen molar-refractivity contribution in [3.8, 4) is 0 Å². The third-order valence-electron chi connectivity index (χ3n) is 0.897. The summed E-state index contributed by atoms with van der Waals surface area (Å²) >= 11 is 11.5. The first-order chi connectivity index (χ1) is 4.12. The Morgan fingerprint density at radius 3 is 2.44 bits per heavy atom. The smallest absolute Gasteiger partial charge is 0.0540 e. The Labute approximate surface area is 72.1 Å². The molecule has 0 aliphatic rings. The lowest BCUT2D eigenvalue weighted by molar-refractivity contribution is 1.11. The molecule has 0 saturated heterocycles. The lowest BCUT2D eigenvalue weighted by Gasteiger charge is -2.10. The maximum atomic E-state index is 5.25. The summed E-state index contributed by atoms with van der Waals surface area (Å²) in [5.41, 5.74) is 0. The molecule has 0 aliphatic heterocycles. The molecular weight excluding hydrogens is 187 g/mol. The van der Waals surface area contributed by atoms with Crippen LogP contribution in [0.3, 0.4) is 0 Å². The summed E-state index contributed by atoms with van der Waals surface area (Å²) in [5, 5.41) is 0. The zero-order valence-corrected chi connectivity index (χ0v) is 9.25. The maximum absolute atomic E-state index is 5.25. The maximum Gasteiger partial charge on any atom is 0.0540 e. The van der Waals surface area contributed by atoms with Crippen LogP contribution in [0, 0.1) is 0 Å². The Kier molecular flexibility index (Phi) is 5.82. The fraction of sp³-hybridized carbons (Fsp3) is 1.00. The third kappa shape index (κ3) is 5.78. The van der Waals surface area contributed by atoms with Crippen molar-refractivity contribution in [3.05, 3.63) is 0 Å². The van der Waals surface area contributed by atoms with E-state index in [1.54, 1.807) is 0 Å². The Balaban J connectivity index is 3.46. The van der Waals surface area contributed by atoms with Crippen LogP contribution in [0.4, 0.5) is 0 Å². The molecule has 0 saturated carbocycles. The highest BCUT2D eigenvalue weighted by Gasteiger charge is 2.06. The summed E-state index contributed by atoms with van der Waals surface area (Å²) in [4.78, 5) is 0. The quantitative estimate of drug-likeness (QED) is 0.545. The van der Waals surface area contributed by atoms with Gasteiger partial charge in [-0.2, -0.15) is 0 Å². The average Bonchev–Trinajstić information content (AvgIpc) is 1.84. The van der Waals surface area contributed by atoms with Crippen LogP contribution < -0.4 is 0 Å². The molecule has 0 bridgehead atoms. The van der Waals surface area contributed by atoms with Crippen LogP contribution in [0.15, 0.2) is 0 Å². The first kappa shape index (κ1) is 10.3. The summed E-state index contributed by atoms with van der Waals surface area (Å²) in [6.45, 7) is 4.29. The summed E-state index contributed by atoms with van der Waals surface area (Å²) in [7, 11) is 0. The van der Waals surface area contributed by atoms with E-state index in [1.165, 1.54) is 12.2 Å². The van der Waals surface area contributed by atoms with E-state index in [1.807, 2.05) is 11.4 Å². The SMILES string of the molecule is CCCSP(=S)(S)CC. The van der Waals surface area contributed by atoms with E-state index in [2.05, 4.69) is 26.1 Å². The molecule has 0 aromatic carbocycles. The molecule has 1 atom stereocenters. The molecule has 0 aliphatic carbocycles. The molecule has 0 amide bonds. The predicted octanol–water partition coefficient (Wildman–Crippen LogP) is 3.39. The molecule has 0 aromatic heterocycles. The molecule has 4 heteroatoms. The molecule has 0 heterocycles. The normalized spacial score (nSPS) is 17.2. The van der Waals surface area contributed by atoms with Gasteiger partial charge in [-0.1, -0.05) is 25.7 Å². The standard InChI is InChI=1S/C5H13PS3/c1-3-5-9-6(7,8)4-2/h3-5H2,1-2H3,(H,7,8). The molecule has 56 valence electrons. The van der Waals surface area contributed by atoms with Crippen molar-refractivity contribution in [2.45, 2.75) is 20.3 Å². The molecule has 9 heavy (non-hydrogen) atoms. The van der Waals surface area contributed by atoms with Crippen molar-refractivity contribution < 1.29 is 0 Å². The Hall–Kier alpha value is 1.35. The van der Waals surface area contributed by atoms with Gasteiger partial charge in [-0.15, -0.1) is 23.6 Å². The molecule has 0 rings (SSSR count). The van der Waals surface area contributed by atoms with E-state index >= 15 is 0 Å². The molecule has 0 fully saturated rings. The highest BCUT2D eigenvalue weighted by Crippen LogP contribution is 2.62. The lowest BCUT2D eigenvalue weighted by Crippen LogP contribution is -1.74. The van der Waals surface area contributed by atoms with E-state index in [0.717, 1.165) is 6.16 Å². The van der Waals surface area contributed by atoms with E-state index in [4.69, 9.17) is 11.8 Å². The van der Waals surface area contributed by atoms with Gasteiger partial charge in [-0.25, -0.2) is 0 Å². The van der Waals surface area contributed by atoms with Crippen LogP contribution in [0.25, 0.3) is 0 Å². The van der Waals surface area contributed by atoms with Crippen LogP contribution in [0.1, 0.15) is 20.3 Å². The molecule has 1 unspecified atom stereocenters. The van der Waals surface area contributed by atoms with E-state index < -0.39 is 4.44 Å². The van der Waals surface area contributed by atoms with Gasteiger partial charge in [0.25, 0.3) is 0 Å². The average molecular weight is 200 g/mol. The highest BCUT2D eigenvalue weighted by molar-refractivity contribution is 8.96. The predicted molar refractivity (Wildman–Crippen MR) is 56.6 cm³/mol. The zero-order chi connectivity index (χ0) is 7.33. The van der Waals surface area contributed by atoms with Gasteiger partial charge in [0.05, 0.1) is 4.44 Å². The van der Waals surface area contributed by atoms with Crippen LogP contribution >= 0.6 is 28.1 Å². The first-order valence-corrected chi connectivity index (χ1v) is 8.82. The van der Waals surface area contributed by atoms with E-state index in [-0.39, 0.29) is 0 Å². The fourth-order valence-corrected chi connectivity index (χ4v) is 4.33. The summed E-state index contributed by atoms with van der Waals surface area (Å²) < 4.78 is -1.25. The topological polar surface area (TPSA) is 0 Å². The third-order valence-corrected chi connectivity index (χ3v) is 8.83. The molecule has 0 radical (unpaired) electrons.